The Morgan fingerprint density at radius 2 is 1.97 bits per heavy atom. The molecule has 1 aliphatic heterocycles. The summed E-state index contributed by atoms with van der Waals surface area (Å²) in [5.41, 5.74) is 5.86. The van der Waals surface area contributed by atoms with Gasteiger partial charge in [-0.25, -0.2) is 4.39 Å². The van der Waals surface area contributed by atoms with E-state index in [0.717, 1.165) is 0 Å². The zero-order valence-corrected chi connectivity index (χ0v) is 16.9. The minimum Gasteiger partial charge on any atom is -0.348 e. The van der Waals surface area contributed by atoms with E-state index in [9.17, 15) is 14.0 Å². The summed E-state index contributed by atoms with van der Waals surface area (Å²) < 4.78 is 25.6. The number of ether oxygens (including phenoxy) is 2. The molecule has 2 aromatic rings. The first-order valence-corrected chi connectivity index (χ1v) is 9.50. The van der Waals surface area contributed by atoms with Crippen molar-refractivity contribution in [2.75, 3.05) is 24.6 Å². The fourth-order valence-electron chi connectivity index (χ4n) is 3.22. The van der Waals surface area contributed by atoms with Gasteiger partial charge in [0, 0.05) is 10.6 Å². The molecule has 1 saturated heterocycles. The van der Waals surface area contributed by atoms with Gasteiger partial charge < -0.3 is 20.1 Å². The molecule has 0 bridgehead atoms. The standard InChI is InChI=1S/C21H22ClFN2O4/c1-21(2)28-12-14(29-21)11-25(19(26)10-24)18-8-7-13(22)9-16(18)20(27)15-5-3-4-6-17(15)23/h3-9,14H,10-12,24H2,1-2H3. The molecule has 6 nitrogen and oxygen atoms in total. The zero-order valence-electron chi connectivity index (χ0n) is 16.2. The number of amides is 1. The van der Waals surface area contributed by atoms with Gasteiger partial charge in [-0.15, -0.1) is 0 Å². The summed E-state index contributed by atoms with van der Waals surface area (Å²) in [6.45, 7) is 3.69. The van der Waals surface area contributed by atoms with E-state index in [1.54, 1.807) is 32.0 Å². The van der Waals surface area contributed by atoms with Crippen LogP contribution in [-0.2, 0) is 14.3 Å². The van der Waals surface area contributed by atoms with Gasteiger partial charge in [-0.05, 0) is 44.2 Å². The van der Waals surface area contributed by atoms with E-state index in [2.05, 4.69) is 0 Å². The molecule has 0 saturated carbocycles. The average Bonchev–Trinajstić information content (AvgIpc) is 3.04. The molecule has 1 amide bonds. The maximum atomic E-state index is 14.2. The van der Waals surface area contributed by atoms with Crippen molar-refractivity contribution in [3.05, 3.63) is 64.4 Å². The van der Waals surface area contributed by atoms with Crippen molar-refractivity contribution in [2.24, 2.45) is 5.73 Å². The summed E-state index contributed by atoms with van der Waals surface area (Å²) in [5, 5.41) is 0.287. The molecule has 154 valence electrons. The molecule has 29 heavy (non-hydrogen) atoms. The van der Waals surface area contributed by atoms with Gasteiger partial charge in [-0.3, -0.25) is 9.59 Å². The van der Waals surface area contributed by atoms with E-state index in [4.69, 9.17) is 26.8 Å². The maximum absolute atomic E-state index is 14.2. The Balaban J connectivity index is 2.01. The number of hydrogen-bond acceptors (Lipinski definition) is 5. The number of nitrogens with two attached hydrogens (primary N) is 1. The molecule has 0 spiro atoms. The predicted octanol–water partition coefficient (Wildman–Crippen LogP) is 3.15. The Labute approximate surface area is 173 Å². The lowest BCUT2D eigenvalue weighted by molar-refractivity contribution is -0.138. The summed E-state index contributed by atoms with van der Waals surface area (Å²) in [5.74, 6) is -2.43. The fraction of sp³-hybridized carbons (Fsp3) is 0.333. The SMILES string of the molecule is CC1(C)OCC(CN(C(=O)CN)c2ccc(Cl)cc2C(=O)c2ccccc2F)O1. The molecular formula is C21H22ClFN2O4. The summed E-state index contributed by atoms with van der Waals surface area (Å²) >= 11 is 6.10. The number of anilines is 1. The maximum Gasteiger partial charge on any atom is 0.240 e. The number of hydrogen-bond donors (Lipinski definition) is 1. The smallest absolute Gasteiger partial charge is 0.240 e. The molecule has 3 rings (SSSR count). The molecule has 1 aliphatic rings. The third-order valence-electron chi connectivity index (χ3n) is 4.54. The van der Waals surface area contributed by atoms with E-state index in [1.807, 2.05) is 0 Å². The molecule has 1 atom stereocenters. The van der Waals surface area contributed by atoms with Crippen LogP contribution in [-0.4, -0.2) is 43.3 Å². The lowest BCUT2D eigenvalue weighted by Crippen LogP contribution is -2.43. The second-order valence-electron chi connectivity index (χ2n) is 7.13. The van der Waals surface area contributed by atoms with Gasteiger partial charge >= 0.3 is 0 Å². The first-order chi connectivity index (χ1) is 13.7. The third kappa shape index (κ3) is 4.82. The number of carbonyl (C=O) groups excluding carboxylic acids is 2. The van der Waals surface area contributed by atoms with Crippen LogP contribution in [0.2, 0.25) is 5.02 Å². The second kappa shape index (κ2) is 8.59. The van der Waals surface area contributed by atoms with Crippen LogP contribution in [0.25, 0.3) is 0 Å². The third-order valence-corrected chi connectivity index (χ3v) is 4.78. The molecule has 2 aromatic carbocycles. The fourth-order valence-corrected chi connectivity index (χ4v) is 3.39. The highest BCUT2D eigenvalue weighted by Gasteiger charge is 2.35. The minimum atomic E-state index is -0.770. The van der Waals surface area contributed by atoms with E-state index >= 15 is 0 Å². The summed E-state index contributed by atoms with van der Waals surface area (Å²) in [6, 6.07) is 10.2. The van der Waals surface area contributed by atoms with Crippen LogP contribution in [0.15, 0.2) is 42.5 Å². The molecular weight excluding hydrogens is 399 g/mol. The topological polar surface area (TPSA) is 81.9 Å². The van der Waals surface area contributed by atoms with Crippen molar-refractivity contribution in [2.45, 2.75) is 25.7 Å². The summed E-state index contributed by atoms with van der Waals surface area (Å²) in [7, 11) is 0. The normalized spacial score (nSPS) is 17.9. The summed E-state index contributed by atoms with van der Waals surface area (Å²) in [6.07, 6.45) is -0.410. The minimum absolute atomic E-state index is 0.0996. The number of carbonyl (C=O) groups is 2. The molecule has 1 heterocycles. The van der Waals surface area contributed by atoms with Crippen molar-refractivity contribution in [3.63, 3.8) is 0 Å². The van der Waals surface area contributed by atoms with Gasteiger partial charge in [0.15, 0.2) is 11.6 Å². The van der Waals surface area contributed by atoms with E-state index in [0.29, 0.717) is 0 Å². The molecule has 0 radical (unpaired) electrons. The van der Waals surface area contributed by atoms with Gasteiger partial charge in [0.25, 0.3) is 0 Å². The zero-order chi connectivity index (χ0) is 21.2. The Morgan fingerprint density at radius 1 is 1.24 bits per heavy atom. The molecule has 8 heteroatoms. The first-order valence-electron chi connectivity index (χ1n) is 9.13. The molecule has 2 N–H and O–H groups in total. The summed E-state index contributed by atoms with van der Waals surface area (Å²) in [4.78, 5) is 27.0. The number of nitrogens with zero attached hydrogens (tertiary/aromatic N) is 1. The molecule has 0 aromatic heterocycles. The van der Waals surface area contributed by atoms with Crippen LogP contribution in [0.3, 0.4) is 0 Å². The average molecular weight is 421 g/mol. The Morgan fingerprint density at radius 3 is 2.59 bits per heavy atom. The van der Waals surface area contributed by atoms with Crippen LogP contribution in [0.1, 0.15) is 29.8 Å². The monoisotopic (exact) mass is 420 g/mol. The predicted molar refractivity (Wildman–Crippen MR) is 108 cm³/mol. The number of benzene rings is 2. The van der Waals surface area contributed by atoms with Crippen molar-refractivity contribution < 1.29 is 23.5 Å². The second-order valence-corrected chi connectivity index (χ2v) is 7.57. The molecule has 0 aliphatic carbocycles. The van der Waals surface area contributed by atoms with E-state index in [1.165, 1.54) is 29.2 Å². The largest absolute Gasteiger partial charge is 0.348 e. The van der Waals surface area contributed by atoms with Gasteiger partial charge in [-0.2, -0.15) is 0 Å². The van der Waals surface area contributed by atoms with Gasteiger partial charge in [-0.1, -0.05) is 23.7 Å². The number of ketones is 1. The molecule has 1 fully saturated rings. The quantitative estimate of drug-likeness (QED) is 0.726. The highest BCUT2D eigenvalue weighted by atomic mass is 35.5. The van der Waals surface area contributed by atoms with Crippen molar-refractivity contribution in [3.8, 4) is 0 Å². The highest BCUT2D eigenvalue weighted by molar-refractivity contribution is 6.31. The molecule has 1 unspecified atom stereocenters. The van der Waals surface area contributed by atoms with E-state index < -0.39 is 29.4 Å². The van der Waals surface area contributed by atoms with Crippen LogP contribution in [0, 0.1) is 5.82 Å². The Kier molecular flexibility index (Phi) is 6.33. The van der Waals surface area contributed by atoms with Gasteiger partial charge in [0.1, 0.15) is 11.9 Å². The van der Waals surface area contributed by atoms with Gasteiger partial charge in [0.05, 0.1) is 30.9 Å². The number of rotatable bonds is 6. The first kappa shape index (κ1) is 21.4. The lowest BCUT2D eigenvalue weighted by Gasteiger charge is -2.27. The van der Waals surface area contributed by atoms with Crippen LogP contribution in [0.5, 0.6) is 0 Å². The van der Waals surface area contributed by atoms with Crippen LogP contribution in [0.4, 0.5) is 10.1 Å². The van der Waals surface area contributed by atoms with Crippen molar-refractivity contribution in [1.82, 2.24) is 0 Å². The van der Waals surface area contributed by atoms with Gasteiger partial charge in [0.2, 0.25) is 5.91 Å². The Bertz CT molecular complexity index is 935. The van der Waals surface area contributed by atoms with Crippen molar-refractivity contribution in [1.29, 1.82) is 0 Å². The number of halogens is 2. The van der Waals surface area contributed by atoms with E-state index in [-0.39, 0.29) is 41.5 Å². The highest BCUT2D eigenvalue weighted by Crippen LogP contribution is 2.30. The lowest BCUT2D eigenvalue weighted by atomic mass is 10.00. The van der Waals surface area contributed by atoms with Crippen LogP contribution < -0.4 is 10.6 Å². The van der Waals surface area contributed by atoms with Crippen molar-refractivity contribution >= 4 is 29.0 Å². The van der Waals surface area contributed by atoms with Crippen LogP contribution >= 0.6 is 11.6 Å². The Hall–Kier alpha value is -2.32.